The van der Waals surface area contributed by atoms with E-state index < -0.39 is 0 Å². The minimum atomic E-state index is -0.159. The van der Waals surface area contributed by atoms with Gasteiger partial charge in [0.15, 0.2) is 0 Å². The first-order valence-electron chi connectivity index (χ1n) is 6.27. The second-order valence-electron chi connectivity index (χ2n) is 5.06. The molecule has 1 heterocycles. The van der Waals surface area contributed by atoms with E-state index in [4.69, 9.17) is 15.1 Å². The van der Waals surface area contributed by atoms with E-state index in [1.54, 1.807) is 13.2 Å². The summed E-state index contributed by atoms with van der Waals surface area (Å²) in [5.74, 6) is 0.698. The van der Waals surface area contributed by atoms with Gasteiger partial charge in [0.1, 0.15) is 11.5 Å². The van der Waals surface area contributed by atoms with E-state index in [9.17, 15) is 0 Å². The number of hydrogen-bond acceptors (Lipinski definition) is 3. The number of nitrogens with zero attached hydrogens (tertiary/aromatic N) is 1. The highest BCUT2D eigenvalue weighted by molar-refractivity contribution is 6.25. The Hall–Kier alpha value is -1.64. The lowest BCUT2D eigenvalue weighted by Crippen LogP contribution is -2.33. The molecule has 1 unspecified atom stereocenters. The van der Waals surface area contributed by atoms with E-state index in [1.165, 1.54) is 11.1 Å². The predicted octanol–water partition coefficient (Wildman–Crippen LogP) is 3.44. The second kappa shape index (κ2) is 4.23. The number of dihydropyridines is 1. The van der Waals surface area contributed by atoms with E-state index in [-0.39, 0.29) is 5.54 Å². The number of rotatable bonds is 2. The number of nitrogens with one attached hydrogen (secondary N) is 1. The van der Waals surface area contributed by atoms with Crippen LogP contribution in [-0.2, 0) is 4.74 Å². The van der Waals surface area contributed by atoms with Crippen molar-refractivity contribution < 1.29 is 4.74 Å². The largest absolute Gasteiger partial charge is 0.494 e. The molecule has 1 aliphatic carbocycles. The van der Waals surface area contributed by atoms with Crippen LogP contribution in [-0.4, -0.2) is 24.1 Å². The standard InChI is InChI=1S/C15H20N2O/c1-6-15(4)10(3)9(2)12-7-11(16)8-13(18-5)14(12)17-15/h7-8,16H,6H2,1-5H3. The van der Waals surface area contributed by atoms with Crippen LogP contribution in [0.4, 0.5) is 0 Å². The predicted molar refractivity (Wildman–Crippen MR) is 75.4 cm³/mol. The van der Waals surface area contributed by atoms with Crippen LogP contribution in [0.1, 0.15) is 34.1 Å². The van der Waals surface area contributed by atoms with Crippen LogP contribution >= 0.6 is 0 Å². The van der Waals surface area contributed by atoms with Crippen LogP contribution in [0.5, 0.6) is 0 Å². The molecule has 0 radical (unpaired) electrons. The molecule has 0 saturated heterocycles. The molecule has 1 N–H and O–H groups in total. The lowest BCUT2D eigenvalue weighted by atomic mass is 9.79. The van der Waals surface area contributed by atoms with E-state index >= 15 is 0 Å². The fourth-order valence-electron chi connectivity index (χ4n) is 2.45. The summed E-state index contributed by atoms with van der Waals surface area (Å²) < 4.78 is 5.38. The number of ether oxygens (including phenoxy) is 1. The van der Waals surface area contributed by atoms with E-state index in [0.717, 1.165) is 17.7 Å². The molecule has 96 valence electrons. The fourth-order valence-corrected chi connectivity index (χ4v) is 2.45. The quantitative estimate of drug-likeness (QED) is 0.743. The van der Waals surface area contributed by atoms with E-state index in [1.807, 2.05) is 6.08 Å². The molecule has 18 heavy (non-hydrogen) atoms. The normalized spacial score (nSPS) is 27.4. The monoisotopic (exact) mass is 244 g/mol. The van der Waals surface area contributed by atoms with E-state index in [0.29, 0.717) is 11.5 Å². The number of fused-ring (bicyclic) bond motifs is 1. The Morgan fingerprint density at radius 2 is 2.00 bits per heavy atom. The van der Waals surface area contributed by atoms with Crippen molar-refractivity contribution in [3.05, 3.63) is 34.6 Å². The maximum atomic E-state index is 7.83. The van der Waals surface area contributed by atoms with Gasteiger partial charge in [-0.3, -0.25) is 4.99 Å². The van der Waals surface area contributed by atoms with Gasteiger partial charge >= 0.3 is 0 Å². The average Bonchev–Trinajstić information content (AvgIpc) is 2.36. The van der Waals surface area contributed by atoms with Crippen LogP contribution in [0.2, 0.25) is 0 Å². The number of methoxy groups -OCH3 is 1. The summed E-state index contributed by atoms with van der Waals surface area (Å²) in [6.07, 6.45) is 4.56. The highest BCUT2D eigenvalue weighted by atomic mass is 16.5. The molecule has 0 saturated carbocycles. The van der Waals surface area contributed by atoms with Gasteiger partial charge in [-0.15, -0.1) is 0 Å². The van der Waals surface area contributed by atoms with Crippen molar-refractivity contribution in [1.82, 2.24) is 0 Å². The lowest BCUT2D eigenvalue weighted by Gasteiger charge is -2.35. The van der Waals surface area contributed by atoms with Crippen molar-refractivity contribution in [2.24, 2.45) is 4.99 Å². The zero-order chi connectivity index (χ0) is 13.5. The number of hydrogen-bond donors (Lipinski definition) is 1. The van der Waals surface area contributed by atoms with Crippen molar-refractivity contribution >= 4 is 11.4 Å². The zero-order valence-electron chi connectivity index (χ0n) is 11.7. The third-order valence-corrected chi connectivity index (χ3v) is 4.12. The summed E-state index contributed by atoms with van der Waals surface area (Å²) in [7, 11) is 1.63. The zero-order valence-corrected chi connectivity index (χ0v) is 11.7. The van der Waals surface area contributed by atoms with Crippen LogP contribution in [0.25, 0.3) is 0 Å². The third kappa shape index (κ3) is 1.74. The second-order valence-corrected chi connectivity index (χ2v) is 5.06. The molecular formula is C15H20N2O. The first kappa shape index (κ1) is 12.8. The number of aliphatic imine (C=N–C) groups is 1. The summed E-state index contributed by atoms with van der Waals surface area (Å²) in [6.45, 7) is 8.55. The van der Waals surface area contributed by atoms with Crippen molar-refractivity contribution in [3.8, 4) is 0 Å². The molecule has 3 heteroatoms. The summed E-state index contributed by atoms with van der Waals surface area (Å²) in [4.78, 5) is 4.87. The highest BCUT2D eigenvalue weighted by Crippen LogP contribution is 2.38. The number of allylic oxidation sites excluding steroid dienone is 4. The Morgan fingerprint density at radius 1 is 1.33 bits per heavy atom. The summed E-state index contributed by atoms with van der Waals surface area (Å²) in [5.41, 5.74) is 4.73. The van der Waals surface area contributed by atoms with Gasteiger partial charge in [-0.1, -0.05) is 6.92 Å². The summed E-state index contributed by atoms with van der Waals surface area (Å²) >= 11 is 0. The first-order valence-corrected chi connectivity index (χ1v) is 6.27. The van der Waals surface area contributed by atoms with Gasteiger partial charge < -0.3 is 10.1 Å². The smallest absolute Gasteiger partial charge is 0.146 e. The molecule has 0 aromatic carbocycles. The molecule has 0 bridgehead atoms. The summed E-state index contributed by atoms with van der Waals surface area (Å²) in [6, 6.07) is 0. The molecule has 0 fully saturated rings. The lowest BCUT2D eigenvalue weighted by molar-refractivity contribution is 0.314. The highest BCUT2D eigenvalue weighted by Gasteiger charge is 2.34. The average molecular weight is 244 g/mol. The maximum absolute atomic E-state index is 7.83. The molecule has 2 aliphatic rings. The molecular weight excluding hydrogens is 224 g/mol. The molecule has 0 aromatic rings. The Bertz CT molecular complexity index is 535. The van der Waals surface area contributed by atoms with Crippen molar-refractivity contribution in [1.29, 1.82) is 5.41 Å². The Kier molecular flexibility index (Phi) is 3.01. The molecule has 0 amide bonds. The minimum absolute atomic E-state index is 0.159. The molecule has 1 atom stereocenters. The minimum Gasteiger partial charge on any atom is -0.494 e. The maximum Gasteiger partial charge on any atom is 0.146 e. The molecule has 3 nitrogen and oxygen atoms in total. The van der Waals surface area contributed by atoms with Crippen LogP contribution in [0, 0.1) is 5.41 Å². The van der Waals surface area contributed by atoms with Crippen LogP contribution < -0.4 is 0 Å². The molecule has 2 rings (SSSR count). The van der Waals surface area contributed by atoms with Gasteiger partial charge in [0.2, 0.25) is 0 Å². The fraction of sp³-hybridized carbons (Fsp3) is 0.467. The molecule has 0 aromatic heterocycles. The SMILES string of the molecule is CCC1(C)N=C2C(OC)=CC(=N)C=C2C(C)=C1C. The third-order valence-electron chi connectivity index (χ3n) is 4.12. The van der Waals surface area contributed by atoms with Gasteiger partial charge in [-0.25, -0.2) is 0 Å². The Morgan fingerprint density at radius 3 is 2.56 bits per heavy atom. The van der Waals surface area contributed by atoms with Gasteiger partial charge in [-0.05, 0) is 44.4 Å². The van der Waals surface area contributed by atoms with Crippen LogP contribution in [0.15, 0.2) is 39.6 Å². The van der Waals surface area contributed by atoms with Crippen molar-refractivity contribution in [2.45, 2.75) is 39.7 Å². The topological polar surface area (TPSA) is 45.4 Å². The van der Waals surface area contributed by atoms with Crippen molar-refractivity contribution in [3.63, 3.8) is 0 Å². The molecule has 1 aliphatic heterocycles. The summed E-state index contributed by atoms with van der Waals surface area (Å²) in [5, 5.41) is 7.83. The first-order chi connectivity index (χ1) is 8.42. The molecule has 0 spiro atoms. The van der Waals surface area contributed by atoms with Gasteiger partial charge in [-0.2, -0.15) is 0 Å². The Balaban J connectivity index is 2.63. The van der Waals surface area contributed by atoms with E-state index in [2.05, 4.69) is 27.7 Å². The van der Waals surface area contributed by atoms with Crippen molar-refractivity contribution in [2.75, 3.05) is 7.11 Å². The Labute approximate surface area is 108 Å². The van der Waals surface area contributed by atoms with Gasteiger partial charge in [0, 0.05) is 11.6 Å². The van der Waals surface area contributed by atoms with Gasteiger partial charge in [0.05, 0.1) is 18.4 Å². The van der Waals surface area contributed by atoms with Crippen LogP contribution in [0.3, 0.4) is 0 Å². The van der Waals surface area contributed by atoms with Gasteiger partial charge in [0.25, 0.3) is 0 Å².